The average Bonchev–Trinajstić information content (AvgIpc) is 2.18. The first-order valence-electron chi connectivity index (χ1n) is 4.17. The second-order valence-electron chi connectivity index (χ2n) is 2.91. The first-order chi connectivity index (χ1) is 6.40. The van der Waals surface area contributed by atoms with Gasteiger partial charge in [-0.15, -0.1) is 0 Å². The van der Waals surface area contributed by atoms with Gasteiger partial charge in [0.2, 0.25) is 7.28 Å². The summed E-state index contributed by atoms with van der Waals surface area (Å²) in [6.45, 7) is 0. The Bertz CT molecular complexity index is 437. The normalized spacial score (nSPS) is 9.85. The molecule has 0 spiro atoms. The predicted molar refractivity (Wildman–Crippen MR) is 56.1 cm³/mol. The first-order valence-corrected chi connectivity index (χ1v) is 4.17. The third-order valence-corrected chi connectivity index (χ3v) is 2.03. The fraction of sp³-hybridized carbons (Fsp3) is 0. The number of carbonyl (C=O) groups excluding carboxylic acids is 1. The molecule has 0 amide bonds. The fourth-order valence-corrected chi connectivity index (χ4v) is 1.39. The molecule has 2 aromatic rings. The molecule has 1 radical (unpaired) electrons. The zero-order valence-corrected chi connectivity index (χ0v) is 7.10. The summed E-state index contributed by atoms with van der Waals surface area (Å²) in [4.78, 5) is 10.3. The van der Waals surface area contributed by atoms with E-state index in [0.29, 0.717) is 0 Å². The Morgan fingerprint density at radius 1 is 1.00 bits per heavy atom. The van der Waals surface area contributed by atoms with Gasteiger partial charge in [-0.2, -0.15) is 0 Å². The lowest BCUT2D eigenvalue weighted by Crippen LogP contribution is -2.14. The lowest BCUT2D eigenvalue weighted by Gasteiger charge is -1.98. The molecule has 13 heavy (non-hydrogen) atoms. The van der Waals surface area contributed by atoms with Crippen molar-refractivity contribution in [3.63, 3.8) is 0 Å². The molecule has 2 heteroatoms. The van der Waals surface area contributed by atoms with Crippen LogP contribution in [0.4, 0.5) is 0 Å². The van der Waals surface area contributed by atoms with Gasteiger partial charge < -0.3 is 4.79 Å². The van der Waals surface area contributed by atoms with Crippen LogP contribution in [0.3, 0.4) is 0 Å². The molecule has 2 rings (SSSR count). The number of benzene rings is 2. The van der Waals surface area contributed by atoms with Crippen molar-refractivity contribution in [2.75, 3.05) is 0 Å². The molecule has 1 nitrogen and oxygen atoms in total. The fourth-order valence-electron chi connectivity index (χ4n) is 1.39. The molecular weight excluding hydrogens is 159 g/mol. The van der Waals surface area contributed by atoms with Crippen LogP contribution < -0.4 is 5.46 Å². The van der Waals surface area contributed by atoms with Crippen LogP contribution in [0.2, 0.25) is 0 Å². The first kappa shape index (κ1) is 8.05. The van der Waals surface area contributed by atoms with Crippen molar-refractivity contribution in [3.05, 3.63) is 42.5 Å². The molecule has 0 aliphatic carbocycles. The molecule has 0 fully saturated rings. The molecule has 0 bridgehead atoms. The number of carbonyl (C=O) groups is 1. The summed E-state index contributed by atoms with van der Waals surface area (Å²) in [6, 6.07) is 14.1. The maximum Gasteiger partial charge on any atom is 0.236 e. The molecule has 0 saturated carbocycles. The monoisotopic (exact) mass is 167 g/mol. The third kappa shape index (κ3) is 1.62. The van der Waals surface area contributed by atoms with Crippen LogP contribution in [0.25, 0.3) is 10.8 Å². The lowest BCUT2D eigenvalue weighted by molar-refractivity contribution is 0.568. The standard InChI is InChI=1S/C11H8BO/c13-8-12-11-6-5-9-3-1-2-4-10(9)7-11/h1-8H. The van der Waals surface area contributed by atoms with E-state index < -0.39 is 0 Å². The van der Waals surface area contributed by atoms with E-state index in [0.717, 1.165) is 17.0 Å². The van der Waals surface area contributed by atoms with Crippen molar-refractivity contribution in [2.45, 2.75) is 0 Å². The van der Waals surface area contributed by atoms with Crippen LogP contribution in [0.5, 0.6) is 0 Å². The summed E-state index contributed by atoms with van der Waals surface area (Å²) in [5.41, 5.74) is 0.953. The van der Waals surface area contributed by atoms with Crippen molar-refractivity contribution in [1.82, 2.24) is 0 Å². The van der Waals surface area contributed by atoms with Crippen LogP contribution in [0.1, 0.15) is 0 Å². The molecule has 61 valence electrons. The lowest BCUT2D eigenvalue weighted by atomic mass is 9.72. The van der Waals surface area contributed by atoms with E-state index in [-0.39, 0.29) is 0 Å². The van der Waals surface area contributed by atoms with Crippen molar-refractivity contribution < 1.29 is 4.79 Å². The molecule has 2 aromatic carbocycles. The number of hydrogen-bond acceptors (Lipinski definition) is 1. The summed E-state index contributed by atoms with van der Waals surface area (Å²) >= 11 is 0. The van der Waals surface area contributed by atoms with E-state index in [2.05, 4.69) is 6.07 Å². The Hall–Kier alpha value is -1.57. The highest BCUT2D eigenvalue weighted by molar-refractivity contribution is 6.78. The summed E-state index contributed by atoms with van der Waals surface area (Å²) < 4.78 is 0. The van der Waals surface area contributed by atoms with Gasteiger partial charge in [-0.05, 0) is 10.8 Å². The minimum absolute atomic E-state index is 0.810. The van der Waals surface area contributed by atoms with E-state index in [9.17, 15) is 4.79 Å². The smallest absolute Gasteiger partial charge is 0.236 e. The SMILES string of the molecule is O=C[B]c1ccc2ccccc2c1. The Morgan fingerprint density at radius 3 is 2.54 bits per heavy atom. The van der Waals surface area contributed by atoms with Gasteiger partial charge in [0.05, 0.1) is 6.19 Å². The van der Waals surface area contributed by atoms with Gasteiger partial charge in [0.15, 0.2) is 0 Å². The summed E-state index contributed by atoms with van der Waals surface area (Å²) in [5, 5.41) is 2.36. The summed E-state index contributed by atoms with van der Waals surface area (Å²) in [7, 11) is 1.56. The van der Waals surface area contributed by atoms with Crippen LogP contribution in [-0.4, -0.2) is 13.5 Å². The maximum absolute atomic E-state index is 10.3. The van der Waals surface area contributed by atoms with Crippen molar-refractivity contribution >= 4 is 29.7 Å². The maximum atomic E-state index is 10.3. The predicted octanol–water partition coefficient (Wildman–Crippen LogP) is 1.36. The molecule has 0 N–H and O–H groups in total. The summed E-state index contributed by atoms with van der Waals surface area (Å²) in [5.74, 6) is 0. The van der Waals surface area contributed by atoms with Gasteiger partial charge in [0.25, 0.3) is 0 Å². The van der Waals surface area contributed by atoms with E-state index in [1.807, 2.05) is 36.4 Å². The molecule has 0 aromatic heterocycles. The highest BCUT2D eigenvalue weighted by Crippen LogP contribution is 2.10. The van der Waals surface area contributed by atoms with Gasteiger partial charge in [0.1, 0.15) is 0 Å². The van der Waals surface area contributed by atoms with E-state index >= 15 is 0 Å². The topological polar surface area (TPSA) is 17.1 Å². The summed E-state index contributed by atoms with van der Waals surface area (Å²) in [6.07, 6.45) is 0.810. The minimum Gasteiger partial charge on any atom is -0.315 e. The van der Waals surface area contributed by atoms with Crippen LogP contribution in [-0.2, 0) is 4.79 Å². The molecule has 0 aliphatic heterocycles. The highest BCUT2D eigenvalue weighted by atomic mass is 16.1. The molecule has 0 heterocycles. The van der Waals surface area contributed by atoms with E-state index in [1.54, 1.807) is 7.28 Å². The van der Waals surface area contributed by atoms with Crippen molar-refractivity contribution in [1.29, 1.82) is 0 Å². The van der Waals surface area contributed by atoms with Crippen molar-refractivity contribution in [3.8, 4) is 0 Å². The second kappa shape index (κ2) is 3.44. The van der Waals surface area contributed by atoms with Gasteiger partial charge in [0, 0.05) is 0 Å². The van der Waals surface area contributed by atoms with Crippen LogP contribution in [0.15, 0.2) is 42.5 Å². The second-order valence-corrected chi connectivity index (χ2v) is 2.91. The minimum atomic E-state index is 0.810. The van der Waals surface area contributed by atoms with Gasteiger partial charge >= 0.3 is 0 Å². The largest absolute Gasteiger partial charge is 0.315 e. The van der Waals surface area contributed by atoms with Crippen LogP contribution in [0, 0.1) is 0 Å². The Balaban J connectivity index is 2.55. The number of rotatable bonds is 2. The average molecular weight is 167 g/mol. The molecule has 0 atom stereocenters. The molecular formula is C11H8BO. The van der Waals surface area contributed by atoms with E-state index in [4.69, 9.17) is 0 Å². The number of hydrogen-bond donors (Lipinski definition) is 0. The Morgan fingerprint density at radius 2 is 1.77 bits per heavy atom. The molecule has 0 saturated heterocycles. The van der Waals surface area contributed by atoms with E-state index in [1.165, 1.54) is 5.39 Å². The third-order valence-electron chi connectivity index (χ3n) is 2.03. The highest BCUT2D eigenvalue weighted by Gasteiger charge is 1.95. The van der Waals surface area contributed by atoms with Crippen molar-refractivity contribution in [2.24, 2.45) is 0 Å². The zero-order valence-electron chi connectivity index (χ0n) is 7.10. The van der Waals surface area contributed by atoms with Crippen LogP contribution >= 0.6 is 0 Å². The Kier molecular flexibility index (Phi) is 2.13. The van der Waals surface area contributed by atoms with Gasteiger partial charge in [-0.25, -0.2) is 0 Å². The zero-order chi connectivity index (χ0) is 9.10. The Labute approximate surface area is 77.6 Å². The molecule has 0 aliphatic rings. The van der Waals surface area contributed by atoms with Gasteiger partial charge in [-0.3, -0.25) is 0 Å². The quantitative estimate of drug-likeness (QED) is 0.487. The molecule has 0 unspecified atom stereocenters. The van der Waals surface area contributed by atoms with Gasteiger partial charge in [-0.1, -0.05) is 47.9 Å². The number of fused-ring (bicyclic) bond motifs is 1.